The zero-order valence-electron chi connectivity index (χ0n) is 14.8. The molecule has 3 rings (SSSR count). The predicted molar refractivity (Wildman–Crippen MR) is 103 cm³/mol. The third-order valence-electron chi connectivity index (χ3n) is 4.30. The Bertz CT molecular complexity index is 1040. The van der Waals surface area contributed by atoms with Gasteiger partial charge in [0.25, 0.3) is 17.2 Å². The van der Waals surface area contributed by atoms with E-state index in [1.807, 2.05) is 31.2 Å². The molecule has 0 spiro atoms. The van der Waals surface area contributed by atoms with Crippen molar-refractivity contribution in [1.82, 2.24) is 9.88 Å². The fraction of sp³-hybridized carbons (Fsp3) is 0.200. The number of nitrogens with one attached hydrogen (secondary N) is 1. The standard InChI is InChI=1S/C20H19N3O4/c1-2-11-22(20(25)14-7-9-17(10-8-14)23(26)27)13-16-12-15-5-3-4-6-18(15)21-19(16)24/h3-10,12H,2,11,13H2,1H3,(H,21,24). The molecule has 27 heavy (non-hydrogen) atoms. The van der Waals surface area contributed by atoms with Gasteiger partial charge in [0.1, 0.15) is 0 Å². The molecule has 1 aromatic heterocycles. The molecule has 0 saturated carbocycles. The number of pyridine rings is 1. The molecule has 0 radical (unpaired) electrons. The van der Waals surface area contributed by atoms with Gasteiger partial charge < -0.3 is 9.88 Å². The lowest BCUT2D eigenvalue weighted by Gasteiger charge is -2.22. The lowest BCUT2D eigenvalue weighted by molar-refractivity contribution is -0.384. The molecule has 138 valence electrons. The van der Waals surface area contributed by atoms with Gasteiger partial charge in [0.05, 0.1) is 11.5 Å². The minimum atomic E-state index is -0.507. The van der Waals surface area contributed by atoms with Gasteiger partial charge in [-0.3, -0.25) is 19.7 Å². The molecule has 7 nitrogen and oxygen atoms in total. The van der Waals surface area contributed by atoms with Crippen molar-refractivity contribution in [2.75, 3.05) is 6.54 Å². The van der Waals surface area contributed by atoms with Gasteiger partial charge >= 0.3 is 0 Å². The van der Waals surface area contributed by atoms with Crippen molar-refractivity contribution in [2.45, 2.75) is 19.9 Å². The molecule has 1 N–H and O–H groups in total. The Morgan fingerprint density at radius 2 is 1.85 bits per heavy atom. The Labute approximate surface area is 155 Å². The van der Waals surface area contributed by atoms with Gasteiger partial charge in [-0.05, 0) is 36.1 Å². The second-order valence-electron chi connectivity index (χ2n) is 6.24. The molecule has 2 aromatic carbocycles. The van der Waals surface area contributed by atoms with Crippen LogP contribution in [0.4, 0.5) is 5.69 Å². The SMILES string of the molecule is CCCN(Cc1cc2ccccc2[nH]c1=O)C(=O)c1ccc([N+](=O)[O-])cc1. The molecule has 0 aliphatic rings. The second kappa shape index (κ2) is 7.82. The number of fused-ring (bicyclic) bond motifs is 1. The normalized spacial score (nSPS) is 10.7. The minimum Gasteiger partial charge on any atom is -0.334 e. The van der Waals surface area contributed by atoms with E-state index < -0.39 is 4.92 Å². The number of aromatic amines is 1. The van der Waals surface area contributed by atoms with E-state index in [-0.39, 0.29) is 23.7 Å². The maximum atomic E-state index is 12.8. The molecule has 1 amide bonds. The van der Waals surface area contributed by atoms with E-state index in [4.69, 9.17) is 0 Å². The number of nitro benzene ring substituents is 1. The van der Waals surface area contributed by atoms with Crippen molar-refractivity contribution in [3.63, 3.8) is 0 Å². The number of H-pyrrole nitrogens is 1. The Kier molecular flexibility index (Phi) is 5.30. The van der Waals surface area contributed by atoms with Gasteiger partial charge in [-0.2, -0.15) is 0 Å². The van der Waals surface area contributed by atoms with Crippen LogP contribution in [0.3, 0.4) is 0 Å². The fourth-order valence-electron chi connectivity index (χ4n) is 2.95. The van der Waals surface area contributed by atoms with Crippen LogP contribution in [0.25, 0.3) is 10.9 Å². The summed E-state index contributed by atoms with van der Waals surface area (Å²) >= 11 is 0. The summed E-state index contributed by atoms with van der Waals surface area (Å²) in [6, 6.07) is 14.7. The van der Waals surface area contributed by atoms with E-state index in [0.717, 1.165) is 17.3 Å². The summed E-state index contributed by atoms with van der Waals surface area (Å²) < 4.78 is 0. The zero-order chi connectivity index (χ0) is 19.4. The molecule has 0 aliphatic carbocycles. The van der Waals surface area contributed by atoms with E-state index in [2.05, 4.69) is 4.98 Å². The van der Waals surface area contributed by atoms with E-state index >= 15 is 0 Å². The van der Waals surface area contributed by atoms with Gasteiger partial charge in [0.2, 0.25) is 0 Å². The van der Waals surface area contributed by atoms with Crippen LogP contribution in [0, 0.1) is 10.1 Å². The first-order valence-electron chi connectivity index (χ1n) is 8.64. The largest absolute Gasteiger partial charge is 0.334 e. The molecule has 3 aromatic rings. The average Bonchev–Trinajstić information content (AvgIpc) is 2.67. The molecule has 0 unspecified atom stereocenters. The maximum Gasteiger partial charge on any atom is 0.269 e. The number of rotatable bonds is 6. The quantitative estimate of drug-likeness (QED) is 0.534. The topological polar surface area (TPSA) is 96.3 Å². The number of para-hydroxylation sites is 1. The molecule has 7 heteroatoms. The summed E-state index contributed by atoms with van der Waals surface area (Å²) in [4.78, 5) is 39.9. The van der Waals surface area contributed by atoms with Gasteiger partial charge in [0.15, 0.2) is 0 Å². The number of amides is 1. The Morgan fingerprint density at radius 3 is 2.52 bits per heavy atom. The van der Waals surface area contributed by atoms with Crippen LogP contribution in [0.15, 0.2) is 59.4 Å². The van der Waals surface area contributed by atoms with Crippen molar-refractivity contribution in [2.24, 2.45) is 0 Å². The second-order valence-corrected chi connectivity index (χ2v) is 6.24. The van der Waals surface area contributed by atoms with Gasteiger partial charge in [0, 0.05) is 35.3 Å². The molecule has 0 saturated heterocycles. The Balaban J connectivity index is 1.89. The lowest BCUT2D eigenvalue weighted by atomic mass is 10.1. The van der Waals surface area contributed by atoms with Crippen LogP contribution in [-0.4, -0.2) is 27.3 Å². The van der Waals surface area contributed by atoms with E-state index in [1.165, 1.54) is 24.3 Å². The van der Waals surface area contributed by atoms with Crippen molar-refractivity contribution in [3.05, 3.63) is 86.2 Å². The lowest BCUT2D eigenvalue weighted by Crippen LogP contribution is -2.33. The van der Waals surface area contributed by atoms with Gasteiger partial charge in [-0.1, -0.05) is 25.1 Å². The summed E-state index contributed by atoms with van der Waals surface area (Å²) in [5.74, 6) is -0.265. The number of nitrogens with zero attached hydrogens (tertiary/aromatic N) is 2. The van der Waals surface area contributed by atoms with Gasteiger partial charge in [-0.15, -0.1) is 0 Å². The molecular weight excluding hydrogens is 346 g/mol. The number of carbonyl (C=O) groups excluding carboxylic acids is 1. The number of non-ortho nitro benzene ring substituents is 1. The van der Waals surface area contributed by atoms with Crippen LogP contribution >= 0.6 is 0 Å². The Hall–Kier alpha value is -3.48. The molecular formula is C20H19N3O4. The zero-order valence-corrected chi connectivity index (χ0v) is 14.8. The number of carbonyl (C=O) groups is 1. The summed E-state index contributed by atoms with van der Waals surface area (Å²) in [6.07, 6.45) is 0.726. The van der Waals surface area contributed by atoms with Crippen LogP contribution < -0.4 is 5.56 Å². The number of hydrogen-bond donors (Lipinski definition) is 1. The number of benzene rings is 2. The highest BCUT2D eigenvalue weighted by atomic mass is 16.6. The highest BCUT2D eigenvalue weighted by Crippen LogP contribution is 2.16. The molecule has 0 fully saturated rings. The first-order chi connectivity index (χ1) is 13.0. The van der Waals surface area contributed by atoms with E-state index in [9.17, 15) is 19.7 Å². The van der Waals surface area contributed by atoms with Crippen molar-refractivity contribution >= 4 is 22.5 Å². The van der Waals surface area contributed by atoms with Crippen LogP contribution in [-0.2, 0) is 6.54 Å². The van der Waals surface area contributed by atoms with Crippen LogP contribution in [0.2, 0.25) is 0 Å². The molecule has 0 bridgehead atoms. The number of nitro groups is 1. The molecule has 1 heterocycles. The van der Waals surface area contributed by atoms with E-state index in [1.54, 1.807) is 11.0 Å². The van der Waals surface area contributed by atoms with E-state index in [0.29, 0.717) is 17.7 Å². The highest BCUT2D eigenvalue weighted by Gasteiger charge is 2.18. The first-order valence-corrected chi connectivity index (χ1v) is 8.64. The minimum absolute atomic E-state index is 0.0698. The third kappa shape index (κ3) is 4.03. The average molecular weight is 365 g/mol. The Morgan fingerprint density at radius 1 is 1.15 bits per heavy atom. The van der Waals surface area contributed by atoms with Crippen molar-refractivity contribution in [1.29, 1.82) is 0 Å². The third-order valence-corrected chi connectivity index (χ3v) is 4.30. The van der Waals surface area contributed by atoms with Crippen molar-refractivity contribution < 1.29 is 9.72 Å². The summed E-state index contributed by atoms with van der Waals surface area (Å²) in [5, 5.41) is 11.7. The number of aromatic nitrogens is 1. The fourth-order valence-corrected chi connectivity index (χ4v) is 2.95. The molecule has 0 aliphatic heterocycles. The summed E-state index contributed by atoms with van der Waals surface area (Å²) in [7, 11) is 0. The summed E-state index contributed by atoms with van der Waals surface area (Å²) in [6.45, 7) is 2.59. The monoisotopic (exact) mass is 365 g/mol. The van der Waals surface area contributed by atoms with Crippen molar-refractivity contribution in [3.8, 4) is 0 Å². The van der Waals surface area contributed by atoms with Crippen LogP contribution in [0.5, 0.6) is 0 Å². The van der Waals surface area contributed by atoms with Crippen LogP contribution in [0.1, 0.15) is 29.3 Å². The summed E-state index contributed by atoms with van der Waals surface area (Å²) in [5.41, 5.74) is 1.30. The van der Waals surface area contributed by atoms with Gasteiger partial charge in [-0.25, -0.2) is 0 Å². The first kappa shape index (κ1) is 18.3. The molecule has 0 atom stereocenters. The number of hydrogen-bond acceptors (Lipinski definition) is 4. The smallest absolute Gasteiger partial charge is 0.269 e. The predicted octanol–water partition coefficient (Wildman–Crippen LogP) is 3.49. The highest BCUT2D eigenvalue weighted by molar-refractivity contribution is 5.94. The maximum absolute atomic E-state index is 12.8.